The van der Waals surface area contributed by atoms with E-state index in [1.807, 2.05) is 6.07 Å². The van der Waals surface area contributed by atoms with Crippen LogP contribution in [0.4, 0.5) is 13.2 Å². The zero-order valence-corrected chi connectivity index (χ0v) is 16.6. The Kier molecular flexibility index (Phi) is 6.21. The van der Waals surface area contributed by atoms with Crippen molar-refractivity contribution in [3.63, 3.8) is 0 Å². The molecule has 1 aromatic carbocycles. The minimum atomic E-state index is -4.46. The lowest BCUT2D eigenvalue weighted by Crippen LogP contribution is -2.53. The smallest absolute Gasteiger partial charge is 0.416 e. The van der Waals surface area contributed by atoms with Crippen molar-refractivity contribution >= 4 is 23.2 Å². The van der Waals surface area contributed by atoms with Crippen LogP contribution in [0.2, 0.25) is 0 Å². The van der Waals surface area contributed by atoms with E-state index in [-0.39, 0.29) is 5.56 Å². The maximum atomic E-state index is 12.8. The Morgan fingerprint density at radius 3 is 2.55 bits per heavy atom. The highest BCUT2D eigenvalue weighted by Crippen LogP contribution is 2.42. The van der Waals surface area contributed by atoms with Crippen molar-refractivity contribution in [1.29, 1.82) is 0 Å². The van der Waals surface area contributed by atoms with Gasteiger partial charge in [0.15, 0.2) is 0 Å². The third kappa shape index (κ3) is 4.27. The van der Waals surface area contributed by atoms with Crippen molar-refractivity contribution in [1.82, 2.24) is 10.3 Å². The topological polar surface area (TPSA) is 51.2 Å². The normalized spacial score (nSPS) is 22.0. The van der Waals surface area contributed by atoms with E-state index in [1.165, 1.54) is 0 Å². The fraction of sp³-hybridized carbons (Fsp3) is 0.381. The van der Waals surface area contributed by atoms with Gasteiger partial charge < -0.3 is 10.1 Å². The Balaban J connectivity index is 1.90. The molecule has 2 atom stereocenters. The Morgan fingerprint density at radius 1 is 1.24 bits per heavy atom. The van der Waals surface area contributed by atoms with Crippen LogP contribution in [0.1, 0.15) is 47.2 Å². The molecular formula is C21H21F3N2O2S. The summed E-state index contributed by atoms with van der Waals surface area (Å²) in [5.41, 5.74) is -0.617. The molecule has 1 fully saturated rings. The molecule has 1 aliphatic rings. The second-order valence-electron chi connectivity index (χ2n) is 7.01. The highest BCUT2D eigenvalue weighted by Gasteiger charge is 2.48. The first-order valence-electron chi connectivity index (χ1n) is 9.30. The Bertz CT molecular complexity index is 872. The number of likely N-dealkylation sites (N-methyl/N-ethyl adjacent to an activating group) is 1. The summed E-state index contributed by atoms with van der Waals surface area (Å²) >= 11 is 5.62. The second kappa shape index (κ2) is 8.49. The molecule has 4 nitrogen and oxygen atoms in total. The van der Waals surface area contributed by atoms with E-state index in [4.69, 9.17) is 17.0 Å². The SMILES string of the molecule is CNC(=S)[C@@]1(c2cccnc2)CCCC[C@@H]1OC(=O)c1ccc(C(F)(F)F)cc1. The van der Waals surface area contributed by atoms with E-state index in [0.29, 0.717) is 17.8 Å². The number of esters is 1. The average molecular weight is 422 g/mol. The van der Waals surface area contributed by atoms with Gasteiger partial charge >= 0.3 is 12.1 Å². The van der Waals surface area contributed by atoms with Crippen LogP contribution >= 0.6 is 12.2 Å². The minimum absolute atomic E-state index is 0.0686. The number of pyridine rings is 1. The third-order valence-electron chi connectivity index (χ3n) is 5.34. The largest absolute Gasteiger partial charge is 0.457 e. The number of nitrogens with one attached hydrogen (secondary N) is 1. The molecule has 0 spiro atoms. The van der Waals surface area contributed by atoms with E-state index in [0.717, 1.165) is 42.7 Å². The zero-order valence-electron chi connectivity index (χ0n) is 15.8. The van der Waals surface area contributed by atoms with Crippen LogP contribution in [0.15, 0.2) is 48.8 Å². The third-order valence-corrected chi connectivity index (χ3v) is 5.91. The van der Waals surface area contributed by atoms with Crippen molar-refractivity contribution in [3.8, 4) is 0 Å². The van der Waals surface area contributed by atoms with E-state index in [2.05, 4.69) is 10.3 Å². The predicted molar refractivity (Wildman–Crippen MR) is 107 cm³/mol. The minimum Gasteiger partial charge on any atom is -0.457 e. The molecule has 154 valence electrons. The molecule has 1 aliphatic carbocycles. The summed E-state index contributed by atoms with van der Waals surface area (Å²) in [6.07, 6.45) is 1.42. The van der Waals surface area contributed by atoms with Gasteiger partial charge in [0.25, 0.3) is 0 Å². The summed E-state index contributed by atoms with van der Waals surface area (Å²) in [5, 5.41) is 3.03. The molecule has 3 rings (SSSR count). The van der Waals surface area contributed by atoms with Crippen molar-refractivity contribution < 1.29 is 22.7 Å². The molecule has 0 bridgehead atoms. The quantitative estimate of drug-likeness (QED) is 0.573. The molecule has 1 aromatic heterocycles. The number of aromatic nitrogens is 1. The monoisotopic (exact) mass is 422 g/mol. The van der Waals surface area contributed by atoms with Gasteiger partial charge in [-0.1, -0.05) is 24.7 Å². The first-order valence-corrected chi connectivity index (χ1v) is 9.71. The lowest BCUT2D eigenvalue weighted by molar-refractivity contribution is -0.137. The first kappa shape index (κ1) is 21.2. The predicted octanol–water partition coefficient (Wildman–Crippen LogP) is 4.68. The molecule has 8 heteroatoms. The molecular weight excluding hydrogens is 401 g/mol. The van der Waals surface area contributed by atoms with Crippen LogP contribution in [-0.4, -0.2) is 29.1 Å². The maximum absolute atomic E-state index is 12.8. The Labute approximate surface area is 172 Å². The van der Waals surface area contributed by atoms with E-state index < -0.39 is 29.2 Å². The van der Waals surface area contributed by atoms with E-state index in [1.54, 1.807) is 25.5 Å². The average Bonchev–Trinajstić information content (AvgIpc) is 2.73. The van der Waals surface area contributed by atoms with Crippen molar-refractivity contribution in [3.05, 3.63) is 65.5 Å². The van der Waals surface area contributed by atoms with Gasteiger partial charge in [-0.15, -0.1) is 0 Å². The molecule has 2 aromatic rings. The maximum Gasteiger partial charge on any atom is 0.416 e. The lowest BCUT2D eigenvalue weighted by Gasteiger charge is -2.43. The van der Waals surface area contributed by atoms with Crippen LogP contribution in [-0.2, 0) is 16.3 Å². The number of carbonyl (C=O) groups excluding carboxylic acids is 1. The molecule has 0 radical (unpaired) electrons. The number of nitrogens with zero attached hydrogens (tertiary/aromatic N) is 1. The van der Waals surface area contributed by atoms with Gasteiger partial charge in [0, 0.05) is 19.4 Å². The zero-order chi connectivity index (χ0) is 21.1. The van der Waals surface area contributed by atoms with Crippen LogP contribution in [0.3, 0.4) is 0 Å². The molecule has 1 N–H and O–H groups in total. The summed E-state index contributed by atoms with van der Waals surface area (Å²) in [6, 6.07) is 7.74. The number of ether oxygens (including phenoxy) is 1. The summed E-state index contributed by atoms with van der Waals surface area (Å²) in [5.74, 6) is -0.669. The molecule has 29 heavy (non-hydrogen) atoms. The summed E-state index contributed by atoms with van der Waals surface area (Å²) in [7, 11) is 1.73. The van der Waals surface area contributed by atoms with Gasteiger partial charge in [-0.05, 0) is 55.2 Å². The van der Waals surface area contributed by atoms with Crippen LogP contribution in [0, 0.1) is 0 Å². The second-order valence-corrected chi connectivity index (χ2v) is 7.42. The van der Waals surface area contributed by atoms with Crippen molar-refractivity contribution in [2.24, 2.45) is 0 Å². The van der Waals surface area contributed by atoms with Gasteiger partial charge in [-0.3, -0.25) is 4.98 Å². The number of rotatable bonds is 4. The standard InChI is InChI=1S/C21H21F3N2O2S/c1-25-19(29)20(16-5-4-12-26-13-16)11-3-2-6-17(20)28-18(27)14-7-9-15(10-8-14)21(22,23)24/h4-5,7-10,12-13,17H,2-3,6,11H2,1H3,(H,25,29)/t17-,20+/m0/s1. The van der Waals surface area contributed by atoms with Crippen LogP contribution in [0.5, 0.6) is 0 Å². The van der Waals surface area contributed by atoms with E-state index >= 15 is 0 Å². The highest BCUT2D eigenvalue weighted by molar-refractivity contribution is 7.80. The van der Waals surface area contributed by atoms with Crippen LogP contribution < -0.4 is 5.32 Å². The molecule has 1 heterocycles. The summed E-state index contributed by atoms with van der Waals surface area (Å²) in [6.45, 7) is 0. The number of thiocarbonyl (C=S) groups is 1. The van der Waals surface area contributed by atoms with Gasteiger partial charge in [0.05, 0.1) is 21.5 Å². The van der Waals surface area contributed by atoms with Crippen molar-refractivity contribution in [2.75, 3.05) is 7.05 Å². The number of benzene rings is 1. The molecule has 1 saturated carbocycles. The number of hydrogen-bond acceptors (Lipinski definition) is 4. The number of hydrogen-bond donors (Lipinski definition) is 1. The summed E-state index contributed by atoms with van der Waals surface area (Å²) in [4.78, 5) is 17.5. The fourth-order valence-electron chi connectivity index (χ4n) is 3.86. The summed E-state index contributed by atoms with van der Waals surface area (Å²) < 4.78 is 44.1. The van der Waals surface area contributed by atoms with Crippen molar-refractivity contribution in [2.45, 2.75) is 43.4 Å². The number of halogens is 3. The first-order chi connectivity index (χ1) is 13.8. The molecule has 0 unspecified atom stereocenters. The number of carbonyl (C=O) groups is 1. The molecule has 0 aliphatic heterocycles. The van der Waals surface area contributed by atoms with Crippen LogP contribution in [0.25, 0.3) is 0 Å². The van der Waals surface area contributed by atoms with Gasteiger partial charge in [0.1, 0.15) is 6.10 Å². The Morgan fingerprint density at radius 2 is 1.97 bits per heavy atom. The van der Waals surface area contributed by atoms with Gasteiger partial charge in [-0.2, -0.15) is 13.2 Å². The molecule has 0 amide bonds. The molecule has 0 saturated heterocycles. The van der Waals surface area contributed by atoms with Gasteiger partial charge in [0.2, 0.25) is 0 Å². The fourth-order valence-corrected chi connectivity index (χ4v) is 4.22. The van der Waals surface area contributed by atoms with Gasteiger partial charge in [-0.25, -0.2) is 4.79 Å². The number of alkyl halides is 3. The highest BCUT2D eigenvalue weighted by atomic mass is 32.1. The lowest BCUT2D eigenvalue weighted by atomic mass is 9.67. The Hall–Kier alpha value is -2.48. The van der Waals surface area contributed by atoms with E-state index in [9.17, 15) is 18.0 Å².